The van der Waals surface area contributed by atoms with Crippen LogP contribution in [0.25, 0.3) is 99.5 Å². The van der Waals surface area contributed by atoms with Gasteiger partial charge >= 0.3 is 0 Å². The summed E-state index contributed by atoms with van der Waals surface area (Å²) >= 11 is 0. The highest BCUT2D eigenvalue weighted by atomic mass is 15.1. The number of rotatable bonds is 7. The summed E-state index contributed by atoms with van der Waals surface area (Å²) in [6.07, 6.45) is 0. The lowest BCUT2D eigenvalue weighted by molar-refractivity contribution is 0.749. The van der Waals surface area contributed by atoms with Gasteiger partial charge in [-0.25, -0.2) is 0 Å². The molecule has 1 atom stereocenters. The van der Waals surface area contributed by atoms with Gasteiger partial charge < -0.3 is 14.0 Å². The molecule has 1 aliphatic heterocycles. The average molecular weight is 966 g/mol. The molecule has 354 valence electrons. The monoisotopic (exact) mass is 965 g/mol. The van der Waals surface area contributed by atoms with Gasteiger partial charge in [-0.3, -0.25) is 0 Å². The molecule has 0 bridgehead atoms. The van der Waals surface area contributed by atoms with E-state index in [2.05, 4.69) is 299 Å². The number of aromatic nitrogens is 2. The normalized spacial score (nSPS) is 14.1. The third-order valence-electron chi connectivity index (χ3n) is 16.5. The highest BCUT2D eigenvalue weighted by Gasteiger charge is 2.50. The fourth-order valence-corrected chi connectivity index (χ4v) is 13.4. The number of nitrogens with zero attached hydrogens (tertiary/aromatic N) is 3. The molecule has 16 rings (SSSR count). The highest BCUT2D eigenvalue weighted by molar-refractivity contribution is 6.13. The Morgan fingerprint density at radius 1 is 0.276 bits per heavy atom. The van der Waals surface area contributed by atoms with E-state index >= 15 is 0 Å². The van der Waals surface area contributed by atoms with E-state index in [4.69, 9.17) is 0 Å². The third-order valence-corrected chi connectivity index (χ3v) is 16.5. The molecule has 0 saturated carbocycles. The summed E-state index contributed by atoms with van der Waals surface area (Å²) in [7, 11) is 0. The van der Waals surface area contributed by atoms with Gasteiger partial charge in [-0.1, -0.05) is 206 Å². The first-order valence-electron chi connectivity index (χ1n) is 26.3. The van der Waals surface area contributed by atoms with Crippen LogP contribution in [0.5, 0.6) is 0 Å². The zero-order valence-electron chi connectivity index (χ0n) is 41.5. The van der Waals surface area contributed by atoms with Crippen molar-refractivity contribution in [3.63, 3.8) is 0 Å². The summed E-state index contributed by atoms with van der Waals surface area (Å²) in [5.74, 6) is 0. The van der Waals surface area contributed by atoms with Crippen LogP contribution in [-0.4, -0.2) is 9.13 Å². The lowest BCUT2D eigenvalue weighted by atomic mass is 9.65. The van der Waals surface area contributed by atoms with E-state index in [1.807, 2.05) is 0 Å². The lowest BCUT2D eigenvalue weighted by Crippen LogP contribution is -2.33. The largest absolute Gasteiger partial charge is 0.310 e. The molecule has 0 saturated heterocycles. The van der Waals surface area contributed by atoms with Crippen LogP contribution in [0, 0.1) is 0 Å². The van der Waals surface area contributed by atoms with Gasteiger partial charge in [-0.15, -0.1) is 0 Å². The summed E-state index contributed by atoms with van der Waals surface area (Å²) in [4.78, 5) is 2.45. The molecule has 3 nitrogen and oxygen atoms in total. The SMILES string of the molecule is c1ccc(-c2cccc(-c3ccccc3N(c3ccc(-n4c5ccccc5c5ccccc54)cc3)c3cccc(-c4ccc5c(c4)C4(c6ccccc6-5)c5ccccc5-n5c6ccccc6c6cccc4c65)c3)c2)cc1. The van der Waals surface area contributed by atoms with Gasteiger partial charge in [0.05, 0.1) is 38.9 Å². The van der Waals surface area contributed by atoms with E-state index in [-0.39, 0.29) is 0 Å². The van der Waals surface area contributed by atoms with Gasteiger partial charge in [0.25, 0.3) is 0 Å². The number of hydrogen-bond acceptors (Lipinski definition) is 1. The fraction of sp³-hybridized carbons (Fsp3) is 0.0137. The van der Waals surface area contributed by atoms with E-state index in [0.717, 1.165) is 39.4 Å². The van der Waals surface area contributed by atoms with E-state index in [1.54, 1.807) is 0 Å². The summed E-state index contributed by atoms with van der Waals surface area (Å²) in [5, 5.41) is 5.06. The molecule has 0 N–H and O–H groups in total. The van der Waals surface area contributed by atoms with Crippen molar-refractivity contribution < 1.29 is 0 Å². The third kappa shape index (κ3) is 6.05. The second-order valence-electron chi connectivity index (χ2n) is 20.4. The molecule has 1 aliphatic carbocycles. The molecule has 2 aromatic heterocycles. The predicted molar refractivity (Wildman–Crippen MR) is 317 cm³/mol. The van der Waals surface area contributed by atoms with Crippen molar-refractivity contribution in [3.8, 4) is 55.9 Å². The van der Waals surface area contributed by atoms with E-state index in [1.165, 1.54) is 99.4 Å². The molecule has 2 aliphatic rings. The van der Waals surface area contributed by atoms with Gasteiger partial charge in [-0.2, -0.15) is 0 Å². The quantitative estimate of drug-likeness (QED) is 0.155. The van der Waals surface area contributed by atoms with Gasteiger partial charge in [0.2, 0.25) is 0 Å². The van der Waals surface area contributed by atoms with Crippen molar-refractivity contribution in [3.05, 3.63) is 307 Å². The molecule has 1 spiro atoms. The molecule has 0 radical (unpaired) electrons. The molecule has 1 unspecified atom stereocenters. The number of benzene rings is 12. The molecule has 3 heteroatoms. The van der Waals surface area contributed by atoms with Crippen molar-refractivity contribution in [2.45, 2.75) is 5.41 Å². The maximum atomic E-state index is 2.52. The molecular formula is C73H47N3. The van der Waals surface area contributed by atoms with E-state index < -0.39 is 5.41 Å². The molecule has 0 amide bonds. The highest BCUT2D eigenvalue weighted by Crippen LogP contribution is 2.61. The average Bonchev–Trinajstić information content (AvgIpc) is 4.22. The molecular weight excluding hydrogens is 919 g/mol. The van der Waals surface area contributed by atoms with Crippen LogP contribution < -0.4 is 4.90 Å². The van der Waals surface area contributed by atoms with E-state index in [9.17, 15) is 0 Å². The Kier molecular flexibility index (Phi) is 9.25. The minimum Gasteiger partial charge on any atom is -0.310 e. The second kappa shape index (κ2) is 16.5. The van der Waals surface area contributed by atoms with Crippen LogP contribution in [-0.2, 0) is 5.41 Å². The van der Waals surface area contributed by atoms with Gasteiger partial charge in [0, 0.05) is 44.2 Å². The number of para-hydroxylation sites is 6. The Labute approximate surface area is 441 Å². The molecule has 0 fully saturated rings. The summed E-state index contributed by atoms with van der Waals surface area (Å²) in [6.45, 7) is 0. The summed E-state index contributed by atoms with van der Waals surface area (Å²) in [6, 6.07) is 106. The lowest BCUT2D eigenvalue weighted by Gasteiger charge is -2.39. The predicted octanol–water partition coefficient (Wildman–Crippen LogP) is 19.0. The fourth-order valence-electron chi connectivity index (χ4n) is 13.4. The Balaban J connectivity index is 0.889. The minimum atomic E-state index is -0.544. The van der Waals surface area contributed by atoms with Gasteiger partial charge in [0.15, 0.2) is 0 Å². The first-order valence-corrected chi connectivity index (χ1v) is 26.3. The van der Waals surface area contributed by atoms with Gasteiger partial charge in [-0.05, 0) is 140 Å². The standard InChI is InChI=1S/C73H47N3/c1-2-19-48(20-3-1)49-21-16-23-52(45-49)56-25-5-11-34-67(56)74(53-40-42-54(43-41-53)75-68-35-12-6-27-59(68)60-28-7-13-36-69(60)75)55-24-17-22-50(46-55)51-39-44-58-57-26-4-9-31-63(57)73(66(58)47-51)64-32-10-15-38-71(64)76-70-37-14-8-29-61(70)62-30-18-33-65(73)72(62)76/h1-47H. The second-order valence-corrected chi connectivity index (χ2v) is 20.4. The Hall–Kier alpha value is -9.96. The van der Waals surface area contributed by atoms with Crippen LogP contribution in [0.3, 0.4) is 0 Å². The maximum Gasteiger partial charge on any atom is 0.0754 e. The zero-order valence-corrected chi connectivity index (χ0v) is 41.5. The van der Waals surface area contributed by atoms with Crippen LogP contribution >= 0.6 is 0 Å². The minimum absolute atomic E-state index is 0.544. The zero-order chi connectivity index (χ0) is 49.9. The number of hydrogen-bond donors (Lipinski definition) is 0. The Morgan fingerprint density at radius 3 is 1.58 bits per heavy atom. The molecule has 76 heavy (non-hydrogen) atoms. The first kappa shape index (κ1) is 42.5. The number of fused-ring (bicyclic) bond motifs is 15. The van der Waals surface area contributed by atoms with Crippen molar-refractivity contribution >= 4 is 60.7 Å². The first-order chi connectivity index (χ1) is 37.7. The van der Waals surface area contributed by atoms with Crippen LogP contribution in [0.15, 0.2) is 285 Å². The van der Waals surface area contributed by atoms with Crippen molar-refractivity contribution in [2.75, 3.05) is 4.90 Å². The maximum absolute atomic E-state index is 2.52. The van der Waals surface area contributed by atoms with Crippen LogP contribution in [0.2, 0.25) is 0 Å². The Morgan fingerprint density at radius 2 is 0.803 bits per heavy atom. The molecule has 3 heterocycles. The number of anilines is 3. The topological polar surface area (TPSA) is 13.1 Å². The summed E-state index contributed by atoms with van der Waals surface area (Å²) in [5.41, 5.74) is 24.8. The molecule has 12 aromatic carbocycles. The van der Waals surface area contributed by atoms with Crippen molar-refractivity contribution in [2.24, 2.45) is 0 Å². The van der Waals surface area contributed by atoms with Crippen molar-refractivity contribution in [1.29, 1.82) is 0 Å². The van der Waals surface area contributed by atoms with Gasteiger partial charge in [0.1, 0.15) is 0 Å². The van der Waals surface area contributed by atoms with Crippen molar-refractivity contribution in [1.82, 2.24) is 9.13 Å². The van der Waals surface area contributed by atoms with E-state index in [0.29, 0.717) is 0 Å². The van der Waals surface area contributed by atoms with Crippen LogP contribution in [0.4, 0.5) is 17.1 Å². The Bertz CT molecular complexity index is 4600. The smallest absolute Gasteiger partial charge is 0.0754 e. The summed E-state index contributed by atoms with van der Waals surface area (Å²) < 4.78 is 4.92. The molecule has 14 aromatic rings. The van der Waals surface area contributed by atoms with Crippen LogP contribution in [0.1, 0.15) is 22.3 Å².